The number of nitrogens with two attached hydrogens (primary N) is 1. The van der Waals surface area contributed by atoms with Crippen molar-refractivity contribution in [3.8, 4) is 5.75 Å². The molecule has 0 spiro atoms. The Morgan fingerprint density at radius 2 is 2.06 bits per heavy atom. The Balaban J connectivity index is 2.57. The van der Waals surface area contributed by atoms with E-state index >= 15 is 0 Å². The average Bonchev–Trinajstić information content (AvgIpc) is 2.39. The van der Waals surface area contributed by atoms with Crippen molar-refractivity contribution in [1.29, 1.82) is 0 Å². The SMILES string of the molecule is COc1ccc(CN(C)C(=O)C/C(N)=N/O)cc1. The number of nitrogens with zero attached hydrogens (tertiary/aromatic N) is 2. The second kappa shape index (κ2) is 6.48. The number of hydrogen-bond acceptors (Lipinski definition) is 4. The molecule has 6 heteroatoms. The quantitative estimate of drug-likeness (QED) is 0.350. The number of carbonyl (C=O) groups excluding carboxylic acids is 1. The molecule has 0 aliphatic heterocycles. The van der Waals surface area contributed by atoms with Crippen LogP contribution in [0.25, 0.3) is 0 Å². The maximum absolute atomic E-state index is 11.7. The third-order valence-corrected chi connectivity index (χ3v) is 2.47. The van der Waals surface area contributed by atoms with E-state index in [1.165, 1.54) is 4.90 Å². The molecule has 0 unspecified atom stereocenters. The molecule has 3 N–H and O–H groups in total. The van der Waals surface area contributed by atoms with Crippen LogP contribution in [0.4, 0.5) is 0 Å². The monoisotopic (exact) mass is 251 g/mol. The highest BCUT2D eigenvalue weighted by Crippen LogP contribution is 2.12. The lowest BCUT2D eigenvalue weighted by Crippen LogP contribution is -2.30. The number of hydrogen-bond donors (Lipinski definition) is 2. The number of benzene rings is 1. The van der Waals surface area contributed by atoms with E-state index in [1.54, 1.807) is 14.2 Å². The summed E-state index contributed by atoms with van der Waals surface area (Å²) >= 11 is 0. The number of methoxy groups -OCH3 is 1. The summed E-state index contributed by atoms with van der Waals surface area (Å²) in [7, 11) is 3.26. The predicted octanol–water partition coefficient (Wildman–Crippen LogP) is 0.790. The van der Waals surface area contributed by atoms with Crippen molar-refractivity contribution < 1.29 is 14.7 Å². The minimum absolute atomic E-state index is 0.0941. The zero-order valence-corrected chi connectivity index (χ0v) is 10.5. The highest BCUT2D eigenvalue weighted by atomic mass is 16.5. The number of amidine groups is 1. The van der Waals surface area contributed by atoms with E-state index in [0.717, 1.165) is 11.3 Å². The van der Waals surface area contributed by atoms with Gasteiger partial charge in [-0.3, -0.25) is 4.79 Å². The molecule has 6 nitrogen and oxygen atoms in total. The van der Waals surface area contributed by atoms with E-state index in [1.807, 2.05) is 24.3 Å². The maximum Gasteiger partial charge on any atom is 0.230 e. The highest BCUT2D eigenvalue weighted by molar-refractivity contribution is 5.98. The van der Waals surface area contributed by atoms with Crippen LogP contribution in [0.2, 0.25) is 0 Å². The number of amides is 1. The molecule has 0 heterocycles. The van der Waals surface area contributed by atoms with Crippen LogP contribution in [-0.4, -0.2) is 36.0 Å². The first kappa shape index (κ1) is 13.8. The van der Waals surface area contributed by atoms with Crippen LogP contribution < -0.4 is 10.5 Å². The zero-order valence-electron chi connectivity index (χ0n) is 10.5. The van der Waals surface area contributed by atoms with Gasteiger partial charge in [0.2, 0.25) is 5.91 Å². The first-order valence-corrected chi connectivity index (χ1v) is 5.40. The second-order valence-electron chi connectivity index (χ2n) is 3.87. The molecular weight excluding hydrogens is 234 g/mol. The Hall–Kier alpha value is -2.24. The van der Waals surface area contributed by atoms with Crippen LogP contribution in [0.15, 0.2) is 29.4 Å². The van der Waals surface area contributed by atoms with Crippen molar-refractivity contribution in [2.45, 2.75) is 13.0 Å². The largest absolute Gasteiger partial charge is 0.497 e. The lowest BCUT2D eigenvalue weighted by Gasteiger charge is -2.17. The molecule has 0 saturated carbocycles. The number of rotatable bonds is 5. The van der Waals surface area contributed by atoms with Crippen molar-refractivity contribution in [2.24, 2.45) is 10.9 Å². The fourth-order valence-corrected chi connectivity index (χ4v) is 1.42. The van der Waals surface area contributed by atoms with Gasteiger partial charge in [0.15, 0.2) is 0 Å². The molecule has 18 heavy (non-hydrogen) atoms. The topological polar surface area (TPSA) is 88.2 Å². The van der Waals surface area contributed by atoms with Gasteiger partial charge in [-0.2, -0.15) is 0 Å². The Bertz CT molecular complexity index is 429. The molecule has 0 fully saturated rings. The number of carbonyl (C=O) groups is 1. The van der Waals surface area contributed by atoms with Crippen LogP contribution in [0.1, 0.15) is 12.0 Å². The average molecular weight is 251 g/mol. The van der Waals surface area contributed by atoms with Crippen LogP contribution in [0.3, 0.4) is 0 Å². The van der Waals surface area contributed by atoms with Crippen LogP contribution >= 0.6 is 0 Å². The molecule has 0 saturated heterocycles. The van der Waals surface area contributed by atoms with Crippen molar-refractivity contribution in [2.75, 3.05) is 14.2 Å². The van der Waals surface area contributed by atoms with Crippen molar-refractivity contribution in [3.63, 3.8) is 0 Å². The van der Waals surface area contributed by atoms with E-state index in [2.05, 4.69) is 5.16 Å². The van der Waals surface area contributed by atoms with Crippen molar-refractivity contribution in [3.05, 3.63) is 29.8 Å². The Labute approximate surface area is 106 Å². The van der Waals surface area contributed by atoms with Gasteiger partial charge in [0, 0.05) is 13.6 Å². The van der Waals surface area contributed by atoms with Crippen LogP contribution in [0, 0.1) is 0 Å². The molecule has 0 aromatic heterocycles. The van der Waals surface area contributed by atoms with Gasteiger partial charge >= 0.3 is 0 Å². The standard InChI is InChI=1S/C12H17N3O3/c1-15(12(16)7-11(13)14-17)8-9-3-5-10(18-2)6-4-9/h3-6,17H,7-8H2,1-2H3,(H2,13,14). The molecule has 0 aliphatic carbocycles. The van der Waals surface area contributed by atoms with E-state index in [0.29, 0.717) is 6.54 Å². The fraction of sp³-hybridized carbons (Fsp3) is 0.333. The molecule has 0 radical (unpaired) electrons. The number of ether oxygens (including phenoxy) is 1. The van der Waals surface area contributed by atoms with E-state index in [4.69, 9.17) is 15.7 Å². The zero-order chi connectivity index (χ0) is 13.5. The van der Waals surface area contributed by atoms with E-state index in [-0.39, 0.29) is 18.2 Å². The Kier molecular flexibility index (Phi) is 4.98. The van der Waals surface area contributed by atoms with Gasteiger partial charge in [-0.05, 0) is 17.7 Å². The van der Waals surface area contributed by atoms with Gasteiger partial charge in [0.1, 0.15) is 11.6 Å². The Morgan fingerprint density at radius 3 is 2.56 bits per heavy atom. The summed E-state index contributed by atoms with van der Waals surface area (Å²) < 4.78 is 5.05. The molecule has 1 aromatic carbocycles. The summed E-state index contributed by atoms with van der Waals surface area (Å²) in [6, 6.07) is 7.42. The lowest BCUT2D eigenvalue weighted by atomic mass is 10.2. The van der Waals surface area contributed by atoms with Gasteiger partial charge in [-0.15, -0.1) is 0 Å². The first-order chi connectivity index (χ1) is 8.56. The highest BCUT2D eigenvalue weighted by Gasteiger charge is 2.11. The molecule has 1 rings (SSSR count). The summed E-state index contributed by atoms with van der Waals surface area (Å²) in [6.07, 6.45) is -0.0941. The van der Waals surface area contributed by atoms with Gasteiger partial charge in [-0.25, -0.2) is 0 Å². The van der Waals surface area contributed by atoms with Gasteiger partial charge < -0.3 is 20.6 Å². The van der Waals surface area contributed by atoms with Crippen molar-refractivity contribution >= 4 is 11.7 Å². The summed E-state index contributed by atoms with van der Waals surface area (Å²) in [5, 5.41) is 11.2. The predicted molar refractivity (Wildman–Crippen MR) is 67.5 cm³/mol. The molecule has 0 atom stereocenters. The molecule has 1 amide bonds. The number of oxime groups is 1. The van der Waals surface area contributed by atoms with Gasteiger partial charge in [0.25, 0.3) is 0 Å². The van der Waals surface area contributed by atoms with E-state index < -0.39 is 0 Å². The minimum atomic E-state index is -0.207. The Morgan fingerprint density at radius 1 is 1.44 bits per heavy atom. The molecule has 98 valence electrons. The maximum atomic E-state index is 11.7. The van der Waals surface area contributed by atoms with E-state index in [9.17, 15) is 4.79 Å². The van der Waals surface area contributed by atoms with Crippen molar-refractivity contribution in [1.82, 2.24) is 4.90 Å². The summed E-state index contributed by atoms with van der Waals surface area (Å²) in [5.41, 5.74) is 6.26. The lowest BCUT2D eigenvalue weighted by molar-refractivity contribution is -0.129. The minimum Gasteiger partial charge on any atom is -0.497 e. The molecule has 0 aliphatic rings. The summed E-state index contributed by atoms with van der Waals surface area (Å²) in [5.74, 6) is 0.465. The third-order valence-electron chi connectivity index (χ3n) is 2.47. The molecular formula is C12H17N3O3. The summed E-state index contributed by atoms with van der Waals surface area (Å²) in [6.45, 7) is 0.460. The van der Waals surface area contributed by atoms with Crippen LogP contribution in [0.5, 0.6) is 5.75 Å². The first-order valence-electron chi connectivity index (χ1n) is 5.40. The van der Waals surface area contributed by atoms with Gasteiger partial charge in [-0.1, -0.05) is 17.3 Å². The van der Waals surface area contributed by atoms with Gasteiger partial charge in [0.05, 0.1) is 13.5 Å². The third kappa shape index (κ3) is 3.97. The van der Waals surface area contributed by atoms with Crippen LogP contribution in [-0.2, 0) is 11.3 Å². The smallest absolute Gasteiger partial charge is 0.230 e. The normalized spacial score (nSPS) is 11.1. The molecule has 1 aromatic rings. The molecule has 0 bridgehead atoms. The summed E-state index contributed by atoms with van der Waals surface area (Å²) in [4.78, 5) is 13.2. The fourth-order valence-electron chi connectivity index (χ4n) is 1.42. The second-order valence-corrected chi connectivity index (χ2v) is 3.87.